The van der Waals surface area contributed by atoms with Crippen LogP contribution in [-0.2, 0) is 0 Å². The van der Waals surface area contributed by atoms with E-state index in [-0.39, 0.29) is 20.7 Å². The Balaban J connectivity index is 2.24. The van der Waals surface area contributed by atoms with Gasteiger partial charge in [-0.25, -0.2) is 0 Å². The van der Waals surface area contributed by atoms with Gasteiger partial charge in [0, 0.05) is 18.8 Å². The molecule has 0 aliphatic heterocycles. The number of hydrogen-bond donors (Lipinski definition) is 2. The summed E-state index contributed by atoms with van der Waals surface area (Å²) < 4.78 is 0. The molecule has 0 saturated carbocycles. The number of aliphatic hydroxyl groups excluding tert-OH is 2. The van der Waals surface area contributed by atoms with Crippen molar-refractivity contribution in [1.82, 2.24) is 0 Å². The fraction of sp³-hybridized carbons (Fsp3) is 0.294. The van der Waals surface area contributed by atoms with Gasteiger partial charge in [-0.3, -0.25) is 0 Å². The van der Waals surface area contributed by atoms with Gasteiger partial charge >= 0.3 is 0 Å². The number of aliphatic hydroxyl groups is 2. The van der Waals surface area contributed by atoms with Gasteiger partial charge in [0.1, 0.15) is 0 Å². The number of hydrogen-bond acceptors (Lipinski definition) is 2. The molecule has 0 aliphatic carbocycles. The predicted molar refractivity (Wildman–Crippen MR) is 94.1 cm³/mol. The summed E-state index contributed by atoms with van der Waals surface area (Å²) in [5.41, 5.74) is 3.23. The minimum Gasteiger partial charge on any atom is -0.396 e. The van der Waals surface area contributed by atoms with Crippen LogP contribution in [0.3, 0.4) is 0 Å². The van der Waals surface area contributed by atoms with Crippen LogP contribution >= 0.6 is 7.47 Å². The van der Waals surface area contributed by atoms with Crippen molar-refractivity contribution in [3.05, 3.63) is 71.8 Å². The molecule has 0 aromatic heterocycles. The van der Waals surface area contributed by atoms with E-state index in [1.165, 1.54) is 11.1 Å². The summed E-state index contributed by atoms with van der Waals surface area (Å²) in [5, 5.41) is 18.5. The number of rotatable bonds is 8. The summed E-state index contributed by atoms with van der Waals surface area (Å²) in [5.74, 6) is 0. The van der Waals surface area contributed by atoms with Crippen molar-refractivity contribution in [3.8, 4) is 0 Å². The third-order valence-corrected chi connectivity index (χ3v) is 11.7. The molecule has 0 unspecified atom stereocenters. The molecule has 2 N–H and O–H groups in total. The molecule has 2 aromatic rings. The Hall–Kier alpha value is -0.993. The zero-order chi connectivity index (χ0) is 14.9. The van der Waals surface area contributed by atoms with Gasteiger partial charge in [-0.05, 0) is 23.5 Å². The van der Waals surface area contributed by atoms with Gasteiger partial charge < -0.3 is 10.2 Å². The van der Waals surface area contributed by atoms with E-state index in [1.54, 1.807) is 0 Å². The first-order chi connectivity index (χ1) is 10.3. The second kappa shape index (κ2) is 9.11. The lowest BCUT2D eigenvalue weighted by Crippen LogP contribution is -2.14. The smallest absolute Gasteiger partial charge is 0.0624 e. The maximum Gasteiger partial charge on any atom is 0.0624 e. The highest BCUT2D eigenvalue weighted by Gasteiger charge is 2.19. The first kappa shape index (κ1) is 16.4. The van der Waals surface area contributed by atoms with Gasteiger partial charge in [0.2, 0.25) is 0 Å². The first-order valence-corrected chi connectivity index (χ1v) is 12.0. The molecule has 0 bridgehead atoms. The van der Waals surface area contributed by atoms with Crippen LogP contribution in [0.1, 0.15) is 16.7 Å². The molecule has 0 amide bonds. The van der Waals surface area contributed by atoms with Crippen molar-refractivity contribution in [3.63, 3.8) is 0 Å². The lowest BCUT2D eigenvalue weighted by atomic mass is 10.0. The highest BCUT2D eigenvalue weighted by Crippen LogP contribution is 2.39. The molecule has 0 fully saturated rings. The van der Waals surface area contributed by atoms with Crippen LogP contribution in [-0.4, -0.2) is 44.9 Å². The van der Waals surface area contributed by atoms with E-state index in [0.29, 0.717) is 5.54 Å². The van der Waals surface area contributed by atoms with E-state index in [1.807, 2.05) is 0 Å². The Morgan fingerprint density at radius 1 is 0.762 bits per heavy atom. The predicted octanol–water partition coefficient (Wildman–Crippen LogP) is 2.33. The molecule has 0 spiro atoms. The molecular weight excluding hydrogens is 295 g/mol. The van der Waals surface area contributed by atoms with Gasteiger partial charge in [-0.2, -0.15) is 0 Å². The third kappa shape index (κ3) is 5.05. The van der Waals surface area contributed by atoms with Crippen LogP contribution in [0, 0.1) is 0 Å². The summed E-state index contributed by atoms with van der Waals surface area (Å²) in [6.45, 7) is 0.490. The summed E-state index contributed by atoms with van der Waals surface area (Å²) in [4.78, 5) is 0. The minimum absolute atomic E-state index is 0.209. The SMILES string of the molecule is OCCP(CCO)[SiH2]C(c1ccccc1)c1ccccc1. The Kier molecular flexibility index (Phi) is 7.11. The highest BCUT2D eigenvalue weighted by molar-refractivity contribution is 7.86. The molecule has 0 radical (unpaired) electrons. The standard InChI is InChI=1S/C17H23O2PSi/c18-11-13-20(14-12-19)21-17(15-7-3-1-4-8-15)16-9-5-2-6-10-16/h1-10,17-19H,11-14,21H2. The normalized spacial score (nSPS) is 11.8. The van der Waals surface area contributed by atoms with Crippen molar-refractivity contribution in [2.75, 3.05) is 25.5 Å². The second-order valence-corrected chi connectivity index (χ2v) is 12.3. The van der Waals surface area contributed by atoms with Crippen LogP contribution < -0.4 is 0 Å². The van der Waals surface area contributed by atoms with Gasteiger partial charge in [0.25, 0.3) is 0 Å². The lowest BCUT2D eigenvalue weighted by Gasteiger charge is -2.23. The topological polar surface area (TPSA) is 40.5 Å². The summed E-state index contributed by atoms with van der Waals surface area (Å²) in [6.07, 6.45) is 1.75. The van der Waals surface area contributed by atoms with Gasteiger partial charge in [-0.15, -0.1) is 7.47 Å². The van der Waals surface area contributed by atoms with E-state index in [9.17, 15) is 10.2 Å². The van der Waals surface area contributed by atoms with E-state index in [4.69, 9.17) is 0 Å². The Bertz CT molecular complexity index is 461. The number of benzene rings is 2. The summed E-state index contributed by atoms with van der Waals surface area (Å²) in [6, 6.07) is 21.3. The zero-order valence-corrected chi connectivity index (χ0v) is 14.5. The molecule has 2 nitrogen and oxygen atoms in total. The van der Waals surface area contributed by atoms with Crippen LogP contribution in [0.4, 0.5) is 0 Å². The molecule has 0 atom stereocenters. The first-order valence-electron chi connectivity index (χ1n) is 7.39. The van der Waals surface area contributed by atoms with Crippen molar-refractivity contribution in [2.24, 2.45) is 0 Å². The molecule has 4 heteroatoms. The van der Waals surface area contributed by atoms with Crippen molar-refractivity contribution >= 4 is 16.7 Å². The van der Waals surface area contributed by atoms with Gasteiger partial charge in [0.15, 0.2) is 0 Å². The van der Waals surface area contributed by atoms with Crippen molar-refractivity contribution < 1.29 is 10.2 Å². The molecule has 0 saturated heterocycles. The fourth-order valence-corrected chi connectivity index (χ4v) is 10.0. The molecule has 2 aromatic carbocycles. The van der Waals surface area contributed by atoms with Crippen LogP contribution in [0.25, 0.3) is 0 Å². The molecular formula is C17H23O2PSi. The largest absolute Gasteiger partial charge is 0.396 e. The maximum absolute atomic E-state index is 9.27. The average Bonchev–Trinajstić information content (AvgIpc) is 2.54. The van der Waals surface area contributed by atoms with Gasteiger partial charge in [0.05, 0.1) is 9.19 Å². The van der Waals surface area contributed by atoms with Crippen LogP contribution in [0.2, 0.25) is 0 Å². The van der Waals surface area contributed by atoms with Crippen molar-refractivity contribution in [2.45, 2.75) is 5.54 Å². The minimum atomic E-state index is -0.434. The Labute approximate surface area is 130 Å². The van der Waals surface area contributed by atoms with Crippen molar-refractivity contribution in [1.29, 1.82) is 0 Å². The zero-order valence-electron chi connectivity index (χ0n) is 12.2. The third-order valence-electron chi connectivity index (χ3n) is 3.68. The van der Waals surface area contributed by atoms with E-state index in [2.05, 4.69) is 60.7 Å². The van der Waals surface area contributed by atoms with Crippen LogP contribution in [0.5, 0.6) is 0 Å². The molecule has 0 heterocycles. The molecule has 0 aliphatic rings. The molecule has 112 valence electrons. The lowest BCUT2D eigenvalue weighted by molar-refractivity contribution is 0.316. The molecule has 21 heavy (non-hydrogen) atoms. The fourth-order valence-electron chi connectivity index (χ4n) is 2.61. The molecule has 2 rings (SSSR count). The second-order valence-electron chi connectivity index (χ2n) is 5.12. The summed E-state index contributed by atoms with van der Waals surface area (Å²) >= 11 is 0. The van der Waals surface area contributed by atoms with Gasteiger partial charge in [-0.1, -0.05) is 60.7 Å². The Morgan fingerprint density at radius 3 is 1.57 bits per heavy atom. The maximum atomic E-state index is 9.27. The van der Waals surface area contributed by atoms with Crippen LogP contribution in [0.15, 0.2) is 60.7 Å². The highest BCUT2D eigenvalue weighted by atomic mass is 31.4. The van der Waals surface area contributed by atoms with E-state index < -0.39 is 9.19 Å². The summed E-state index contributed by atoms with van der Waals surface area (Å²) in [7, 11) is -0.643. The monoisotopic (exact) mass is 318 g/mol. The Morgan fingerprint density at radius 2 is 1.19 bits per heavy atom. The van der Waals surface area contributed by atoms with E-state index >= 15 is 0 Å². The average molecular weight is 318 g/mol. The quantitative estimate of drug-likeness (QED) is 0.579. The van der Waals surface area contributed by atoms with E-state index in [0.717, 1.165) is 12.3 Å².